The van der Waals surface area contributed by atoms with Crippen molar-refractivity contribution in [2.24, 2.45) is 5.41 Å². The molecule has 0 saturated heterocycles. The topological polar surface area (TPSA) is 66.4 Å². The summed E-state index contributed by atoms with van der Waals surface area (Å²) in [7, 11) is 0. The molecule has 1 amide bonds. The average molecular weight is 346 g/mol. The lowest BCUT2D eigenvalue weighted by Crippen LogP contribution is -2.27. The van der Waals surface area contributed by atoms with Gasteiger partial charge in [-0.1, -0.05) is 41.9 Å². The van der Waals surface area contributed by atoms with Crippen LogP contribution in [-0.4, -0.2) is 17.0 Å². The quantitative estimate of drug-likeness (QED) is 0.833. The molecule has 0 aromatic heterocycles. The van der Waals surface area contributed by atoms with E-state index in [0.29, 0.717) is 23.6 Å². The number of benzene rings is 2. The van der Waals surface area contributed by atoms with Crippen molar-refractivity contribution in [2.75, 3.05) is 0 Å². The van der Waals surface area contributed by atoms with Gasteiger partial charge in [-0.15, -0.1) is 0 Å². The molecule has 24 heavy (non-hydrogen) atoms. The molecule has 2 aromatic carbocycles. The SMILES string of the molecule is CC(C)(Cc1cc(Cl)cc(C(=O)NCc2ccccc2)c1)C(=O)O. The molecule has 0 aliphatic rings. The Bertz CT molecular complexity index is 742. The molecule has 0 saturated carbocycles. The predicted octanol–water partition coefficient (Wildman–Crippen LogP) is 3.92. The first-order chi connectivity index (χ1) is 11.3. The van der Waals surface area contributed by atoms with Crippen molar-refractivity contribution in [3.05, 3.63) is 70.2 Å². The van der Waals surface area contributed by atoms with Crippen LogP contribution in [0.2, 0.25) is 5.02 Å². The molecule has 2 N–H and O–H groups in total. The fourth-order valence-electron chi connectivity index (χ4n) is 2.35. The molecule has 0 fully saturated rings. The van der Waals surface area contributed by atoms with E-state index in [1.54, 1.807) is 32.0 Å². The Morgan fingerprint density at radius 3 is 2.38 bits per heavy atom. The van der Waals surface area contributed by atoms with Gasteiger partial charge < -0.3 is 10.4 Å². The van der Waals surface area contributed by atoms with Gasteiger partial charge in [-0.05, 0) is 49.6 Å². The van der Waals surface area contributed by atoms with Crippen LogP contribution in [0.15, 0.2) is 48.5 Å². The molecule has 0 atom stereocenters. The summed E-state index contributed by atoms with van der Waals surface area (Å²) in [5.74, 6) is -1.13. The first kappa shape index (κ1) is 18.0. The zero-order valence-corrected chi connectivity index (χ0v) is 14.4. The standard InChI is InChI=1S/C19H20ClNO3/c1-19(2,18(23)24)11-14-8-15(10-16(20)9-14)17(22)21-12-13-6-4-3-5-7-13/h3-10H,11-12H2,1-2H3,(H,21,22)(H,23,24). The Kier molecular flexibility index (Phi) is 5.62. The molecular formula is C19H20ClNO3. The van der Waals surface area contributed by atoms with Crippen molar-refractivity contribution in [3.63, 3.8) is 0 Å². The van der Waals surface area contributed by atoms with E-state index in [9.17, 15) is 14.7 Å². The number of carbonyl (C=O) groups excluding carboxylic acids is 1. The summed E-state index contributed by atoms with van der Waals surface area (Å²) >= 11 is 6.09. The van der Waals surface area contributed by atoms with Gasteiger partial charge in [-0.2, -0.15) is 0 Å². The van der Waals surface area contributed by atoms with E-state index in [-0.39, 0.29) is 5.91 Å². The third kappa shape index (κ3) is 4.83. The number of rotatable bonds is 6. The van der Waals surface area contributed by atoms with E-state index in [1.807, 2.05) is 30.3 Å². The predicted molar refractivity (Wildman–Crippen MR) is 94.2 cm³/mol. The third-order valence-electron chi connectivity index (χ3n) is 3.74. The van der Waals surface area contributed by atoms with Crippen LogP contribution in [0, 0.1) is 5.41 Å². The van der Waals surface area contributed by atoms with Crippen LogP contribution in [0.1, 0.15) is 35.3 Å². The second-order valence-corrected chi connectivity index (χ2v) is 6.82. The van der Waals surface area contributed by atoms with Gasteiger partial charge in [-0.3, -0.25) is 9.59 Å². The van der Waals surface area contributed by atoms with Crippen LogP contribution in [0.5, 0.6) is 0 Å². The van der Waals surface area contributed by atoms with Gasteiger partial charge in [0.05, 0.1) is 5.41 Å². The second kappa shape index (κ2) is 7.49. The maximum absolute atomic E-state index is 12.3. The van der Waals surface area contributed by atoms with Crippen LogP contribution in [0.4, 0.5) is 0 Å². The molecule has 5 heteroatoms. The number of carbonyl (C=O) groups is 2. The zero-order valence-electron chi connectivity index (χ0n) is 13.7. The molecule has 0 radical (unpaired) electrons. The maximum Gasteiger partial charge on any atom is 0.309 e. The normalized spacial score (nSPS) is 11.1. The number of hydrogen-bond acceptors (Lipinski definition) is 2. The first-order valence-electron chi connectivity index (χ1n) is 7.63. The van der Waals surface area contributed by atoms with Crippen molar-refractivity contribution in [1.82, 2.24) is 5.32 Å². The Morgan fingerprint density at radius 1 is 1.08 bits per heavy atom. The Labute approximate surface area is 146 Å². The van der Waals surface area contributed by atoms with Gasteiger partial charge in [0.15, 0.2) is 0 Å². The molecule has 0 bridgehead atoms. The van der Waals surface area contributed by atoms with Gasteiger partial charge in [0.25, 0.3) is 5.91 Å². The number of carboxylic acid groups (broad SMARTS) is 1. The summed E-state index contributed by atoms with van der Waals surface area (Å²) < 4.78 is 0. The molecule has 0 aliphatic carbocycles. The van der Waals surface area contributed by atoms with Crippen molar-refractivity contribution >= 4 is 23.5 Å². The molecule has 2 rings (SSSR count). The van der Waals surface area contributed by atoms with E-state index in [2.05, 4.69) is 5.32 Å². The summed E-state index contributed by atoms with van der Waals surface area (Å²) in [6.07, 6.45) is 0.294. The highest BCUT2D eigenvalue weighted by Crippen LogP contribution is 2.25. The van der Waals surface area contributed by atoms with Crippen molar-refractivity contribution in [1.29, 1.82) is 0 Å². The highest BCUT2D eigenvalue weighted by atomic mass is 35.5. The van der Waals surface area contributed by atoms with E-state index >= 15 is 0 Å². The number of halogens is 1. The Hall–Kier alpha value is -2.33. The van der Waals surface area contributed by atoms with Crippen molar-refractivity contribution in [3.8, 4) is 0 Å². The van der Waals surface area contributed by atoms with Crippen molar-refractivity contribution in [2.45, 2.75) is 26.8 Å². The van der Waals surface area contributed by atoms with Gasteiger partial charge in [0.2, 0.25) is 0 Å². The number of amides is 1. The number of carboxylic acids is 1. The molecule has 2 aromatic rings. The van der Waals surface area contributed by atoms with Gasteiger partial charge >= 0.3 is 5.97 Å². The Morgan fingerprint density at radius 2 is 1.75 bits per heavy atom. The molecule has 0 heterocycles. The van der Waals surface area contributed by atoms with Gasteiger partial charge in [-0.25, -0.2) is 0 Å². The average Bonchev–Trinajstić information content (AvgIpc) is 2.52. The van der Waals surface area contributed by atoms with Crippen LogP contribution in [0.25, 0.3) is 0 Å². The van der Waals surface area contributed by atoms with E-state index in [1.165, 1.54) is 0 Å². The minimum absolute atomic E-state index is 0.240. The number of nitrogens with one attached hydrogen (secondary N) is 1. The Balaban J connectivity index is 2.12. The zero-order chi connectivity index (χ0) is 17.7. The summed E-state index contributed by atoms with van der Waals surface area (Å²) in [6, 6.07) is 14.6. The maximum atomic E-state index is 12.3. The number of hydrogen-bond donors (Lipinski definition) is 2. The second-order valence-electron chi connectivity index (χ2n) is 6.38. The fraction of sp³-hybridized carbons (Fsp3) is 0.263. The molecule has 0 aliphatic heterocycles. The van der Waals surface area contributed by atoms with Gasteiger partial charge in [0, 0.05) is 17.1 Å². The van der Waals surface area contributed by atoms with Crippen LogP contribution in [-0.2, 0) is 17.8 Å². The van der Waals surface area contributed by atoms with Crippen LogP contribution >= 0.6 is 11.6 Å². The summed E-state index contributed by atoms with van der Waals surface area (Å²) in [6.45, 7) is 3.71. The van der Waals surface area contributed by atoms with Gasteiger partial charge in [0.1, 0.15) is 0 Å². The minimum atomic E-state index is -0.928. The van der Waals surface area contributed by atoms with Crippen LogP contribution < -0.4 is 5.32 Å². The molecule has 0 spiro atoms. The molecule has 126 valence electrons. The third-order valence-corrected chi connectivity index (χ3v) is 3.96. The summed E-state index contributed by atoms with van der Waals surface area (Å²) in [5, 5.41) is 12.5. The monoisotopic (exact) mass is 345 g/mol. The number of aliphatic carboxylic acids is 1. The van der Waals surface area contributed by atoms with E-state index in [0.717, 1.165) is 11.1 Å². The van der Waals surface area contributed by atoms with Crippen LogP contribution in [0.3, 0.4) is 0 Å². The minimum Gasteiger partial charge on any atom is -0.481 e. The lowest BCUT2D eigenvalue weighted by Gasteiger charge is -2.19. The highest BCUT2D eigenvalue weighted by molar-refractivity contribution is 6.31. The molecule has 4 nitrogen and oxygen atoms in total. The lowest BCUT2D eigenvalue weighted by molar-refractivity contribution is -0.146. The molecular weight excluding hydrogens is 326 g/mol. The summed E-state index contributed by atoms with van der Waals surface area (Å²) in [5.41, 5.74) is 1.22. The first-order valence-corrected chi connectivity index (χ1v) is 8.01. The van der Waals surface area contributed by atoms with Crippen molar-refractivity contribution < 1.29 is 14.7 Å². The fourth-order valence-corrected chi connectivity index (χ4v) is 2.61. The molecule has 0 unspecified atom stereocenters. The largest absolute Gasteiger partial charge is 0.481 e. The summed E-state index contributed by atoms with van der Waals surface area (Å²) in [4.78, 5) is 23.6. The van der Waals surface area contributed by atoms with E-state index < -0.39 is 11.4 Å². The highest BCUT2D eigenvalue weighted by Gasteiger charge is 2.27. The van der Waals surface area contributed by atoms with E-state index in [4.69, 9.17) is 11.6 Å². The lowest BCUT2D eigenvalue weighted by atomic mass is 9.85. The smallest absolute Gasteiger partial charge is 0.309 e.